The van der Waals surface area contributed by atoms with E-state index in [1.807, 2.05) is 12.1 Å². The maximum absolute atomic E-state index is 5.59. The molecule has 0 saturated carbocycles. The number of nitrogens with zero attached hydrogens (tertiary/aromatic N) is 1. The Hall–Kier alpha value is -0.270. The Morgan fingerprint density at radius 1 is 1.41 bits per heavy atom. The van der Waals surface area contributed by atoms with Crippen LogP contribution in [0.5, 0.6) is 0 Å². The van der Waals surface area contributed by atoms with Gasteiger partial charge in [0.05, 0.1) is 9.83 Å². The van der Waals surface area contributed by atoms with E-state index in [1.54, 1.807) is 17.5 Å². The number of halogens is 2. The van der Waals surface area contributed by atoms with E-state index in [4.69, 9.17) is 5.84 Å². The Labute approximate surface area is 121 Å². The third-order valence-corrected chi connectivity index (χ3v) is 4.38. The van der Waals surface area contributed by atoms with Crippen molar-refractivity contribution < 1.29 is 0 Å². The Kier molecular flexibility index (Phi) is 4.69. The van der Waals surface area contributed by atoms with Crippen LogP contribution in [-0.4, -0.2) is 4.98 Å². The second kappa shape index (κ2) is 6.06. The molecule has 0 fully saturated rings. The van der Waals surface area contributed by atoms with Crippen molar-refractivity contribution in [1.29, 1.82) is 0 Å². The number of nitrogens with two attached hydrogens (primary N) is 1. The summed E-state index contributed by atoms with van der Waals surface area (Å²) in [5.74, 6) is 5.59. The highest BCUT2D eigenvalue weighted by Gasteiger charge is 2.12. The maximum Gasteiger partial charge on any atom is 0.0701 e. The number of nitrogens with one attached hydrogen (secondary N) is 1. The van der Waals surface area contributed by atoms with E-state index in [-0.39, 0.29) is 6.04 Å². The lowest BCUT2D eigenvalue weighted by Gasteiger charge is -2.13. The number of hydrogen-bond acceptors (Lipinski definition) is 4. The molecule has 3 nitrogen and oxygen atoms in total. The standard InChI is InChI=1S/C11H11Br2N3S/c12-8-1-2-9(15-5-8)4-10(16-14)7-3-11(13)17-6-7/h1-3,5-6,10,16H,4,14H2. The van der Waals surface area contributed by atoms with Crippen molar-refractivity contribution in [2.45, 2.75) is 12.5 Å². The monoisotopic (exact) mass is 375 g/mol. The van der Waals surface area contributed by atoms with Crippen LogP contribution in [0.4, 0.5) is 0 Å². The lowest BCUT2D eigenvalue weighted by Crippen LogP contribution is -2.29. The lowest BCUT2D eigenvalue weighted by molar-refractivity contribution is 0.547. The second-order valence-electron chi connectivity index (χ2n) is 3.58. The van der Waals surface area contributed by atoms with Crippen LogP contribution in [0.15, 0.2) is 38.0 Å². The van der Waals surface area contributed by atoms with Gasteiger partial charge in [-0.1, -0.05) is 0 Å². The molecule has 0 aliphatic carbocycles. The molecule has 0 saturated heterocycles. The van der Waals surface area contributed by atoms with E-state index < -0.39 is 0 Å². The summed E-state index contributed by atoms with van der Waals surface area (Å²) in [4.78, 5) is 4.35. The molecule has 0 aromatic carbocycles. The van der Waals surface area contributed by atoms with Crippen molar-refractivity contribution in [3.8, 4) is 0 Å². The number of hydrogen-bond donors (Lipinski definition) is 2. The van der Waals surface area contributed by atoms with Crippen molar-refractivity contribution in [1.82, 2.24) is 10.4 Å². The average molecular weight is 377 g/mol. The summed E-state index contributed by atoms with van der Waals surface area (Å²) in [6, 6.07) is 6.15. The summed E-state index contributed by atoms with van der Waals surface area (Å²) in [5, 5.41) is 2.09. The molecule has 0 spiro atoms. The highest BCUT2D eigenvalue weighted by atomic mass is 79.9. The molecule has 0 aliphatic rings. The zero-order valence-electron chi connectivity index (χ0n) is 8.86. The molecule has 1 atom stereocenters. The van der Waals surface area contributed by atoms with Crippen LogP contribution in [0.25, 0.3) is 0 Å². The molecule has 6 heteroatoms. The maximum atomic E-state index is 5.59. The zero-order valence-corrected chi connectivity index (χ0v) is 12.8. The molecule has 0 bridgehead atoms. The van der Waals surface area contributed by atoms with Gasteiger partial charge in [-0.05, 0) is 61.0 Å². The van der Waals surface area contributed by atoms with Gasteiger partial charge in [0.2, 0.25) is 0 Å². The molecular formula is C11H11Br2N3S. The molecule has 2 rings (SSSR count). The van der Waals surface area contributed by atoms with Gasteiger partial charge in [0.1, 0.15) is 0 Å². The first-order valence-corrected chi connectivity index (χ1v) is 7.46. The predicted molar refractivity (Wildman–Crippen MR) is 77.7 cm³/mol. The fourth-order valence-electron chi connectivity index (χ4n) is 1.52. The van der Waals surface area contributed by atoms with Crippen LogP contribution >= 0.6 is 43.2 Å². The molecule has 2 heterocycles. The van der Waals surface area contributed by atoms with E-state index in [1.165, 1.54) is 5.56 Å². The topological polar surface area (TPSA) is 50.9 Å². The van der Waals surface area contributed by atoms with E-state index in [9.17, 15) is 0 Å². The van der Waals surface area contributed by atoms with Crippen molar-refractivity contribution in [3.63, 3.8) is 0 Å². The Balaban J connectivity index is 2.12. The molecule has 0 radical (unpaired) electrons. The minimum Gasteiger partial charge on any atom is -0.271 e. The normalized spacial score (nSPS) is 12.6. The van der Waals surface area contributed by atoms with Crippen LogP contribution in [0.2, 0.25) is 0 Å². The molecule has 17 heavy (non-hydrogen) atoms. The molecule has 90 valence electrons. The first-order valence-electron chi connectivity index (χ1n) is 4.99. The van der Waals surface area contributed by atoms with Crippen LogP contribution in [0.3, 0.4) is 0 Å². The summed E-state index contributed by atoms with van der Waals surface area (Å²) >= 11 is 8.48. The quantitative estimate of drug-likeness (QED) is 0.634. The second-order valence-corrected chi connectivity index (χ2v) is 6.78. The minimum atomic E-state index is 0.0891. The lowest BCUT2D eigenvalue weighted by atomic mass is 10.1. The van der Waals surface area contributed by atoms with E-state index >= 15 is 0 Å². The SMILES string of the molecule is NNC(Cc1ccc(Br)cn1)c1csc(Br)c1. The molecule has 2 aromatic rings. The van der Waals surface area contributed by atoms with Gasteiger partial charge >= 0.3 is 0 Å². The van der Waals surface area contributed by atoms with Gasteiger partial charge < -0.3 is 0 Å². The largest absolute Gasteiger partial charge is 0.271 e. The van der Waals surface area contributed by atoms with E-state index in [0.717, 1.165) is 20.4 Å². The fourth-order valence-corrected chi connectivity index (χ4v) is 2.98. The van der Waals surface area contributed by atoms with Gasteiger partial charge in [0.15, 0.2) is 0 Å². The average Bonchev–Trinajstić information content (AvgIpc) is 2.75. The zero-order chi connectivity index (χ0) is 12.3. The minimum absolute atomic E-state index is 0.0891. The summed E-state index contributed by atoms with van der Waals surface area (Å²) in [7, 11) is 0. The van der Waals surface area contributed by atoms with E-state index in [0.29, 0.717) is 0 Å². The van der Waals surface area contributed by atoms with Crippen molar-refractivity contribution in [2.24, 2.45) is 5.84 Å². The highest BCUT2D eigenvalue weighted by Crippen LogP contribution is 2.26. The first kappa shape index (κ1) is 13.2. The predicted octanol–water partition coefficient (Wildman–Crippen LogP) is 3.42. The third-order valence-electron chi connectivity index (χ3n) is 2.39. The van der Waals surface area contributed by atoms with Crippen molar-refractivity contribution in [2.75, 3.05) is 0 Å². The molecule has 0 amide bonds. The van der Waals surface area contributed by atoms with Gasteiger partial charge in [-0.25, -0.2) is 0 Å². The molecule has 2 aromatic heterocycles. The Morgan fingerprint density at radius 2 is 2.24 bits per heavy atom. The molecule has 0 aliphatic heterocycles. The first-order chi connectivity index (χ1) is 8.19. The number of rotatable bonds is 4. The molecular weight excluding hydrogens is 366 g/mol. The van der Waals surface area contributed by atoms with Gasteiger partial charge in [0.25, 0.3) is 0 Å². The van der Waals surface area contributed by atoms with Crippen molar-refractivity contribution in [3.05, 3.63) is 49.3 Å². The summed E-state index contributed by atoms with van der Waals surface area (Å²) in [6.07, 6.45) is 2.57. The van der Waals surface area contributed by atoms with Crippen LogP contribution in [0.1, 0.15) is 17.3 Å². The summed E-state index contributed by atoms with van der Waals surface area (Å²) in [6.45, 7) is 0. The van der Waals surface area contributed by atoms with Crippen molar-refractivity contribution >= 4 is 43.2 Å². The highest BCUT2D eigenvalue weighted by molar-refractivity contribution is 9.11. The molecule has 3 N–H and O–H groups in total. The third kappa shape index (κ3) is 3.59. The number of aromatic nitrogens is 1. The molecule has 1 unspecified atom stereocenters. The van der Waals surface area contributed by atoms with Gasteiger partial charge in [-0.2, -0.15) is 0 Å². The van der Waals surface area contributed by atoms with E-state index in [2.05, 4.69) is 53.7 Å². The van der Waals surface area contributed by atoms with Gasteiger partial charge in [0, 0.05) is 22.8 Å². The van der Waals surface area contributed by atoms with Crippen LogP contribution < -0.4 is 11.3 Å². The number of pyridine rings is 1. The van der Waals surface area contributed by atoms with Crippen LogP contribution in [-0.2, 0) is 6.42 Å². The number of hydrazine groups is 1. The van der Waals surface area contributed by atoms with Crippen LogP contribution in [0, 0.1) is 0 Å². The summed E-state index contributed by atoms with van der Waals surface area (Å²) < 4.78 is 2.09. The smallest absolute Gasteiger partial charge is 0.0701 e. The number of thiophene rings is 1. The Morgan fingerprint density at radius 3 is 2.76 bits per heavy atom. The van der Waals surface area contributed by atoms with Gasteiger partial charge in [-0.15, -0.1) is 11.3 Å². The van der Waals surface area contributed by atoms with Gasteiger partial charge in [-0.3, -0.25) is 16.3 Å². The Bertz CT molecular complexity index is 484. The summed E-state index contributed by atoms with van der Waals surface area (Å²) in [5.41, 5.74) is 5.02. The fraction of sp³-hybridized carbons (Fsp3) is 0.182.